The number of rotatable bonds is 16. The third-order valence-corrected chi connectivity index (χ3v) is 7.01. The Morgan fingerprint density at radius 1 is 0.651 bits per heavy atom. The molecule has 224 valence electrons. The molecular formula is C35H36O8. The molecule has 0 fully saturated rings. The molecule has 0 heterocycles. The second-order valence-electron chi connectivity index (χ2n) is 9.99. The van der Waals surface area contributed by atoms with E-state index in [4.69, 9.17) is 23.7 Å². The van der Waals surface area contributed by atoms with Crippen molar-refractivity contribution < 1.29 is 38.1 Å². The molecule has 1 aliphatic carbocycles. The average molecular weight is 585 g/mol. The Balaban J connectivity index is 1.26. The lowest BCUT2D eigenvalue weighted by molar-refractivity contribution is -0.138. The quantitative estimate of drug-likeness (QED) is 0.0784. The summed E-state index contributed by atoms with van der Waals surface area (Å²) in [6.07, 6.45) is 5.17. The highest BCUT2D eigenvalue weighted by molar-refractivity contribution is 5.91. The molecule has 1 aliphatic rings. The van der Waals surface area contributed by atoms with Gasteiger partial charge in [0.15, 0.2) is 0 Å². The first-order valence-electron chi connectivity index (χ1n) is 14.3. The van der Waals surface area contributed by atoms with Gasteiger partial charge in [0.05, 0.1) is 32.0 Å². The van der Waals surface area contributed by atoms with Crippen molar-refractivity contribution >= 4 is 17.9 Å². The lowest BCUT2D eigenvalue weighted by Gasteiger charge is -2.11. The van der Waals surface area contributed by atoms with Gasteiger partial charge in [-0.1, -0.05) is 32.2 Å². The highest BCUT2D eigenvalue weighted by atomic mass is 16.5. The van der Waals surface area contributed by atoms with Gasteiger partial charge in [-0.15, -0.1) is 0 Å². The largest absolute Gasteiger partial charge is 0.494 e. The minimum absolute atomic E-state index is 0.107. The SMILES string of the molecule is C=CC(=O)OCCCCOc1ccc(C(=O)Oc2ccc3c(c2)C(C)c2cc(OCCCCOC(=O)C=C)ccc2-3)cc1. The summed E-state index contributed by atoms with van der Waals surface area (Å²) in [6, 6.07) is 18.6. The van der Waals surface area contributed by atoms with E-state index in [2.05, 4.69) is 32.2 Å². The van der Waals surface area contributed by atoms with Crippen LogP contribution in [0.2, 0.25) is 0 Å². The molecular weight excluding hydrogens is 548 g/mol. The Kier molecular flexibility index (Phi) is 11.1. The van der Waals surface area contributed by atoms with Crippen LogP contribution in [0.1, 0.15) is 60.0 Å². The highest BCUT2D eigenvalue weighted by Gasteiger charge is 2.27. The van der Waals surface area contributed by atoms with E-state index in [1.807, 2.05) is 24.3 Å². The summed E-state index contributed by atoms with van der Waals surface area (Å²) in [5.41, 5.74) is 4.91. The molecule has 8 heteroatoms. The number of hydrogen-bond acceptors (Lipinski definition) is 8. The molecule has 0 aliphatic heterocycles. The van der Waals surface area contributed by atoms with Crippen molar-refractivity contribution in [2.24, 2.45) is 0 Å². The second-order valence-corrected chi connectivity index (χ2v) is 9.99. The van der Waals surface area contributed by atoms with Gasteiger partial charge in [-0.25, -0.2) is 14.4 Å². The molecule has 0 amide bonds. The summed E-state index contributed by atoms with van der Waals surface area (Å²) < 4.78 is 27.3. The Morgan fingerprint density at radius 2 is 1.12 bits per heavy atom. The van der Waals surface area contributed by atoms with E-state index in [1.165, 1.54) is 0 Å². The molecule has 0 bridgehead atoms. The molecule has 0 saturated heterocycles. The van der Waals surface area contributed by atoms with Crippen LogP contribution in [0.5, 0.6) is 17.2 Å². The monoisotopic (exact) mass is 584 g/mol. The Hall–Kier alpha value is -4.85. The van der Waals surface area contributed by atoms with Crippen molar-refractivity contribution in [2.75, 3.05) is 26.4 Å². The zero-order chi connectivity index (χ0) is 30.6. The van der Waals surface area contributed by atoms with Crippen LogP contribution >= 0.6 is 0 Å². The molecule has 0 aromatic heterocycles. The van der Waals surface area contributed by atoms with Crippen molar-refractivity contribution in [1.82, 2.24) is 0 Å². The zero-order valence-corrected chi connectivity index (χ0v) is 24.3. The summed E-state index contributed by atoms with van der Waals surface area (Å²) in [4.78, 5) is 35.0. The topological polar surface area (TPSA) is 97.4 Å². The Bertz CT molecular complexity index is 1460. The normalized spacial score (nSPS) is 12.8. The minimum Gasteiger partial charge on any atom is -0.494 e. The number of benzene rings is 3. The number of carbonyl (C=O) groups excluding carboxylic acids is 3. The molecule has 3 aromatic carbocycles. The summed E-state index contributed by atoms with van der Waals surface area (Å²) in [6.45, 7) is 10.5. The number of hydrogen-bond donors (Lipinski definition) is 0. The summed E-state index contributed by atoms with van der Waals surface area (Å²) in [5.74, 6) is 0.717. The van der Waals surface area contributed by atoms with Crippen LogP contribution in [0, 0.1) is 0 Å². The molecule has 3 aromatic rings. The van der Waals surface area contributed by atoms with Crippen molar-refractivity contribution in [3.63, 3.8) is 0 Å². The summed E-state index contributed by atoms with van der Waals surface area (Å²) in [5, 5.41) is 0. The van der Waals surface area contributed by atoms with Gasteiger partial charge in [-0.05, 0) is 96.5 Å². The van der Waals surface area contributed by atoms with Crippen molar-refractivity contribution in [3.8, 4) is 28.4 Å². The lowest BCUT2D eigenvalue weighted by Crippen LogP contribution is -2.09. The zero-order valence-electron chi connectivity index (χ0n) is 24.3. The maximum absolute atomic E-state index is 12.8. The fourth-order valence-electron chi connectivity index (χ4n) is 4.71. The van der Waals surface area contributed by atoms with Crippen LogP contribution in [-0.4, -0.2) is 44.3 Å². The summed E-state index contributed by atoms with van der Waals surface area (Å²) >= 11 is 0. The van der Waals surface area contributed by atoms with E-state index in [0.717, 1.165) is 53.0 Å². The number of unbranched alkanes of at least 4 members (excludes halogenated alkanes) is 2. The van der Waals surface area contributed by atoms with Crippen LogP contribution in [-0.2, 0) is 19.1 Å². The molecule has 0 radical (unpaired) electrons. The van der Waals surface area contributed by atoms with Gasteiger partial charge >= 0.3 is 17.9 Å². The molecule has 8 nitrogen and oxygen atoms in total. The highest BCUT2D eigenvalue weighted by Crippen LogP contribution is 2.47. The van der Waals surface area contributed by atoms with E-state index >= 15 is 0 Å². The van der Waals surface area contributed by atoms with Crippen LogP contribution in [0.15, 0.2) is 86.0 Å². The molecule has 0 saturated carbocycles. The number of carbonyl (C=O) groups is 3. The molecule has 1 unspecified atom stereocenters. The first kappa shape index (κ1) is 31.1. The Morgan fingerprint density at radius 3 is 1.67 bits per heavy atom. The van der Waals surface area contributed by atoms with Crippen LogP contribution in [0.4, 0.5) is 0 Å². The van der Waals surface area contributed by atoms with Gasteiger partial charge in [0.25, 0.3) is 0 Å². The molecule has 4 rings (SSSR count). The first-order chi connectivity index (χ1) is 20.9. The van der Waals surface area contributed by atoms with Crippen molar-refractivity contribution in [3.05, 3.63) is 103 Å². The number of ether oxygens (including phenoxy) is 5. The van der Waals surface area contributed by atoms with Crippen LogP contribution in [0.3, 0.4) is 0 Å². The molecule has 0 spiro atoms. The van der Waals surface area contributed by atoms with Crippen LogP contribution in [0.25, 0.3) is 11.1 Å². The predicted molar refractivity (Wildman–Crippen MR) is 163 cm³/mol. The number of esters is 3. The Labute approximate surface area is 251 Å². The third-order valence-electron chi connectivity index (χ3n) is 7.01. The lowest BCUT2D eigenvalue weighted by atomic mass is 9.99. The van der Waals surface area contributed by atoms with E-state index < -0.39 is 17.9 Å². The average Bonchev–Trinajstić information content (AvgIpc) is 3.30. The standard InChI is InChI=1S/C35H36O8/c1-4-33(36)41-20-8-6-18-39-26-12-10-25(11-13-26)35(38)43-28-15-17-30-29-16-14-27(22-31(29)24(3)32(30)23-28)40-19-7-9-21-42-34(37)5-2/h4-5,10-17,22-24H,1-2,6-9,18-21H2,3H3. The van der Waals surface area contributed by atoms with Gasteiger partial charge < -0.3 is 23.7 Å². The van der Waals surface area contributed by atoms with E-state index in [-0.39, 0.29) is 5.92 Å². The summed E-state index contributed by atoms with van der Waals surface area (Å²) in [7, 11) is 0. The maximum Gasteiger partial charge on any atom is 0.343 e. The van der Waals surface area contributed by atoms with Gasteiger partial charge in [0.2, 0.25) is 0 Å². The first-order valence-corrected chi connectivity index (χ1v) is 14.3. The van der Waals surface area contributed by atoms with E-state index in [1.54, 1.807) is 24.3 Å². The maximum atomic E-state index is 12.8. The van der Waals surface area contributed by atoms with Gasteiger partial charge in [-0.3, -0.25) is 0 Å². The number of fused-ring (bicyclic) bond motifs is 3. The predicted octanol–water partition coefficient (Wildman–Crippen LogP) is 6.81. The minimum atomic E-state index is -0.450. The smallest absolute Gasteiger partial charge is 0.343 e. The van der Waals surface area contributed by atoms with Gasteiger partial charge in [-0.2, -0.15) is 0 Å². The van der Waals surface area contributed by atoms with E-state index in [9.17, 15) is 14.4 Å². The van der Waals surface area contributed by atoms with E-state index in [0.29, 0.717) is 56.3 Å². The van der Waals surface area contributed by atoms with Gasteiger partial charge in [0, 0.05) is 18.1 Å². The van der Waals surface area contributed by atoms with Gasteiger partial charge in [0.1, 0.15) is 17.2 Å². The third kappa shape index (κ3) is 8.58. The molecule has 0 N–H and O–H groups in total. The molecule has 1 atom stereocenters. The van der Waals surface area contributed by atoms with Crippen LogP contribution < -0.4 is 14.2 Å². The fraction of sp³-hybridized carbons (Fsp3) is 0.286. The van der Waals surface area contributed by atoms with Crippen molar-refractivity contribution in [2.45, 2.75) is 38.5 Å². The second kappa shape index (κ2) is 15.4. The van der Waals surface area contributed by atoms with Crippen molar-refractivity contribution in [1.29, 1.82) is 0 Å². The molecule has 43 heavy (non-hydrogen) atoms. The fourth-order valence-corrected chi connectivity index (χ4v) is 4.71.